The van der Waals surface area contributed by atoms with E-state index in [1.807, 2.05) is 0 Å². The van der Waals surface area contributed by atoms with Crippen molar-refractivity contribution in [2.24, 2.45) is 11.7 Å². The van der Waals surface area contributed by atoms with Crippen LogP contribution in [0.3, 0.4) is 0 Å². The van der Waals surface area contributed by atoms with Gasteiger partial charge in [-0.15, -0.1) is 0 Å². The monoisotopic (exact) mass is 189 g/mol. The van der Waals surface area contributed by atoms with E-state index in [0.29, 0.717) is 6.04 Å². The van der Waals surface area contributed by atoms with E-state index in [0.717, 1.165) is 18.8 Å². The highest BCUT2D eigenvalue weighted by molar-refractivity contribution is 5.25. The summed E-state index contributed by atoms with van der Waals surface area (Å²) in [5.74, 6) is 0.832. The van der Waals surface area contributed by atoms with Gasteiger partial charge in [0.05, 0.1) is 0 Å². The molecule has 1 fully saturated rings. The summed E-state index contributed by atoms with van der Waals surface area (Å²) in [5.41, 5.74) is 8.94. The molecule has 1 aliphatic carbocycles. The van der Waals surface area contributed by atoms with Crippen molar-refractivity contribution >= 4 is 0 Å². The fraction of sp³-hybridized carbons (Fsp3) is 0.538. The lowest BCUT2D eigenvalue weighted by atomic mass is 9.99. The van der Waals surface area contributed by atoms with Crippen LogP contribution in [0, 0.1) is 12.8 Å². The largest absolute Gasteiger partial charge is 0.327 e. The van der Waals surface area contributed by atoms with Crippen LogP contribution >= 0.6 is 0 Å². The Morgan fingerprint density at radius 2 is 2.07 bits per heavy atom. The molecule has 14 heavy (non-hydrogen) atoms. The van der Waals surface area contributed by atoms with E-state index in [1.165, 1.54) is 24.0 Å². The number of nitrogens with two attached hydrogens (primary N) is 1. The molecule has 1 aromatic carbocycles. The molecule has 0 aliphatic heterocycles. The zero-order chi connectivity index (χ0) is 9.97. The van der Waals surface area contributed by atoms with E-state index in [1.54, 1.807) is 0 Å². The Morgan fingerprint density at radius 1 is 1.36 bits per heavy atom. The number of aryl methyl sites for hydroxylation is 2. The predicted molar refractivity (Wildman–Crippen MR) is 60.2 cm³/mol. The molecule has 0 spiro atoms. The Hall–Kier alpha value is -0.820. The first-order valence-corrected chi connectivity index (χ1v) is 5.57. The smallest absolute Gasteiger partial charge is 0.00703 e. The summed E-state index contributed by atoms with van der Waals surface area (Å²) >= 11 is 0. The number of hydrogen-bond acceptors (Lipinski definition) is 1. The SMILES string of the molecule is Cc1ccccc1CCC(N)C1CC1. The normalized spacial score (nSPS) is 18.1. The summed E-state index contributed by atoms with van der Waals surface area (Å²) < 4.78 is 0. The molecular formula is C13H19N. The molecule has 0 heterocycles. The molecule has 0 aromatic heterocycles. The van der Waals surface area contributed by atoms with E-state index in [9.17, 15) is 0 Å². The van der Waals surface area contributed by atoms with Crippen LogP contribution in [0.2, 0.25) is 0 Å². The lowest BCUT2D eigenvalue weighted by molar-refractivity contribution is 0.549. The van der Waals surface area contributed by atoms with Gasteiger partial charge >= 0.3 is 0 Å². The Labute approximate surface area is 86.3 Å². The minimum atomic E-state index is 0.439. The van der Waals surface area contributed by atoms with Gasteiger partial charge in [0.1, 0.15) is 0 Å². The van der Waals surface area contributed by atoms with Crippen LogP contribution in [-0.4, -0.2) is 6.04 Å². The number of benzene rings is 1. The molecule has 0 bridgehead atoms. The first kappa shape index (κ1) is 9.72. The average Bonchev–Trinajstić information content (AvgIpc) is 2.99. The van der Waals surface area contributed by atoms with E-state index in [2.05, 4.69) is 31.2 Å². The van der Waals surface area contributed by atoms with Crippen molar-refractivity contribution in [3.63, 3.8) is 0 Å². The lowest BCUT2D eigenvalue weighted by Crippen LogP contribution is -2.22. The molecule has 1 aromatic rings. The van der Waals surface area contributed by atoms with Gasteiger partial charge in [-0.3, -0.25) is 0 Å². The van der Waals surface area contributed by atoms with Crippen molar-refractivity contribution in [2.45, 2.75) is 38.6 Å². The topological polar surface area (TPSA) is 26.0 Å². The third-order valence-electron chi connectivity index (χ3n) is 3.24. The van der Waals surface area contributed by atoms with Gasteiger partial charge in [-0.25, -0.2) is 0 Å². The fourth-order valence-electron chi connectivity index (χ4n) is 1.97. The zero-order valence-electron chi connectivity index (χ0n) is 8.87. The average molecular weight is 189 g/mol. The quantitative estimate of drug-likeness (QED) is 0.774. The van der Waals surface area contributed by atoms with Crippen LogP contribution < -0.4 is 5.73 Å². The van der Waals surface area contributed by atoms with Crippen LogP contribution in [0.5, 0.6) is 0 Å². The van der Waals surface area contributed by atoms with Crippen LogP contribution in [0.1, 0.15) is 30.4 Å². The highest BCUT2D eigenvalue weighted by Crippen LogP contribution is 2.33. The van der Waals surface area contributed by atoms with E-state index in [-0.39, 0.29) is 0 Å². The van der Waals surface area contributed by atoms with Gasteiger partial charge in [0.25, 0.3) is 0 Å². The molecule has 1 nitrogen and oxygen atoms in total. The van der Waals surface area contributed by atoms with Gasteiger partial charge < -0.3 is 5.73 Å². The van der Waals surface area contributed by atoms with E-state index < -0.39 is 0 Å². The van der Waals surface area contributed by atoms with Crippen LogP contribution in [0.15, 0.2) is 24.3 Å². The van der Waals surface area contributed by atoms with Crippen molar-refractivity contribution < 1.29 is 0 Å². The van der Waals surface area contributed by atoms with Crippen molar-refractivity contribution in [2.75, 3.05) is 0 Å². The lowest BCUT2D eigenvalue weighted by Gasteiger charge is -2.11. The second-order valence-electron chi connectivity index (χ2n) is 4.47. The predicted octanol–water partition coefficient (Wildman–Crippen LogP) is 2.66. The molecule has 0 radical (unpaired) electrons. The maximum atomic E-state index is 6.08. The molecule has 2 N–H and O–H groups in total. The second kappa shape index (κ2) is 4.14. The van der Waals surface area contributed by atoms with Crippen molar-refractivity contribution in [1.82, 2.24) is 0 Å². The fourth-order valence-corrected chi connectivity index (χ4v) is 1.97. The minimum absolute atomic E-state index is 0.439. The molecular weight excluding hydrogens is 170 g/mol. The first-order valence-electron chi connectivity index (χ1n) is 5.57. The Kier molecular flexibility index (Phi) is 2.87. The summed E-state index contributed by atoms with van der Waals surface area (Å²) in [4.78, 5) is 0. The molecule has 76 valence electrons. The van der Waals surface area contributed by atoms with Gasteiger partial charge in [-0.2, -0.15) is 0 Å². The molecule has 1 saturated carbocycles. The van der Waals surface area contributed by atoms with Gasteiger partial charge in [0.15, 0.2) is 0 Å². The summed E-state index contributed by atoms with van der Waals surface area (Å²) in [5, 5.41) is 0. The third-order valence-corrected chi connectivity index (χ3v) is 3.24. The summed E-state index contributed by atoms with van der Waals surface area (Å²) in [7, 11) is 0. The van der Waals surface area contributed by atoms with Crippen molar-refractivity contribution in [1.29, 1.82) is 0 Å². The molecule has 1 atom stereocenters. The van der Waals surface area contributed by atoms with Crippen molar-refractivity contribution in [3.05, 3.63) is 35.4 Å². The third kappa shape index (κ3) is 2.36. The number of rotatable bonds is 4. The maximum Gasteiger partial charge on any atom is 0.00703 e. The van der Waals surface area contributed by atoms with Crippen LogP contribution in [-0.2, 0) is 6.42 Å². The number of hydrogen-bond donors (Lipinski definition) is 1. The molecule has 1 aliphatic rings. The second-order valence-corrected chi connectivity index (χ2v) is 4.47. The summed E-state index contributed by atoms with van der Waals surface area (Å²) in [6.45, 7) is 2.18. The van der Waals surface area contributed by atoms with Gasteiger partial charge in [0, 0.05) is 6.04 Å². The van der Waals surface area contributed by atoms with E-state index in [4.69, 9.17) is 5.73 Å². The highest BCUT2D eigenvalue weighted by Gasteiger charge is 2.27. The van der Waals surface area contributed by atoms with E-state index >= 15 is 0 Å². The highest BCUT2D eigenvalue weighted by atomic mass is 14.7. The van der Waals surface area contributed by atoms with Gasteiger partial charge in [-0.05, 0) is 49.7 Å². The molecule has 0 saturated heterocycles. The minimum Gasteiger partial charge on any atom is -0.327 e. The summed E-state index contributed by atoms with van der Waals surface area (Å²) in [6, 6.07) is 9.05. The van der Waals surface area contributed by atoms with Crippen LogP contribution in [0.4, 0.5) is 0 Å². The molecule has 1 heteroatoms. The molecule has 1 unspecified atom stereocenters. The zero-order valence-corrected chi connectivity index (χ0v) is 8.87. The standard InChI is InChI=1S/C13H19N/c1-10-4-2-3-5-11(10)8-9-13(14)12-6-7-12/h2-5,12-13H,6-9,14H2,1H3. The Morgan fingerprint density at radius 3 is 2.71 bits per heavy atom. The van der Waals surface area contributed by atoms with Crippen LogP contribution in [0.25, 0.3) is 0 Å². The first-order chi connectivity index (χ1) is 6.77. The maximum absolute atomic E-state index is 6.08. The molecule has 2 rings (SSSR count). The van der Waals surface area contributed by atoms with Gasteiger partial charge in [0.2, 0.25) is 0 Å². The Balaban J connectivity index is 1.87. The Bertz CT molecular complexity index is 302. The summed E-state index contributed by atoms with van der Waals surface area (Å²) in [6.07, 6.45) is 5.00. The molecule has 0 amide bonds. The van der Waals surface area contributed by atoms with Gasteiger partial charge in [-0.1, -0.05) is 24.3 Å². The van der Waals surface area contributed by atoms with Crippen molar-refractivity contribution in [3.8, 4) is 0 Å².